The van der Waals surface area contributed by atoms with Crippen molar-refractivity contribution in [2.75, 3.05) is 26.2 Å². The van der Waals surface area contributed by atoms with Crippen molar-refractivity contribution in [3.63, 3.8) is 0 Å². The van der Waals surface area contributed by atoms with Gasteiger partial charge in [-0.15, -0.1) is 0 Å². The molecule has 2 fully saturated rings. The lowest BCUT2D eigenvalue weighted by atomic mass is 9.88. The standard InChI is InChI=1S/C22H33BrN2O2/c1-22(2,3)27-21(26)25-14-10-20(11-15-25)24-12-8-18(9-13-24)16-17-4-6-19(23)7-5-17/h4-7,18,20H,8-16H2,1-3H3. The molecule has 1 aromatic carbocycles. The Morgan fingerprint density at radius 3 is 2.19 bits per heavy atom. The summed E-state index contributed by atoms with van der Waals surface area (Å²) in [4.78, 5) is 16.8. The van der Waals surface area contributed by atoms with Crippen LogP contribution in [0.3, 0.4) is 0 Å². The summed E-state index contributed by atoms with van der Waals surface area (Å²) in [5, 5.41) is 0. The van der Waals surface area contributed by atoms with E-state index in [4.69, 9.17) is 4.74 Å². The summed E-state index contributed by atoms with van der Waals surface area (Å²) in [6.45, 7) is 9.80. The molecule has 1 aromatic rings. The maximum atomic E-state index is 12.2. The third kappa shape index (κ3) is 6.21. The number of carbonyl (C=O) groups excluding carboxylic acids is 1. The number of likely N-dealkylation sites (tertiary alicyclic amines) is 2. The highest BCUT2D eigenvalue weighted by Gasteiger charge is 2.31. The summed E-state index contributed by atoms with van der Waals surface area (Å²) < 4.78 is 6.66. The molecule has 0 unspecified atom stereocenters. The number of nitrogens with zero attached hydrogens (tertiary/aromatic N) is 2. The lowest BCUT2D eigenvalue weighted by Crippen LogP contribution is -2.49. The van der Waals surface area contributed by atoms with Crippen LogP contribution in [0.1, 0.15) is 52.0 Å². The van der Waals surface area contributed by atoms with Crippen LogP contribution in [0.4, 0.5) is 4.79 Å². The number of piperidine rings is 2. The highest BCUT2D eigenvalue weighted by molar-refractivity contribution is 9.10. The summed E-state index contributed by atoms with van der Waals surface area (Å²) in [5.41, 5.74) is 1.03. The third-order valence-electron chi connectivity index (χ3n) is 5.72. The van der Waals surface area contributed by atoms with Gasteiger partial charge in [0.05, 0.1) is 0 Å². The van der Waals surface area contributed by atoms with Crippen molar-refractivity contribution >= 4 is 22.0 Å². The quantitative estimate of drug-likeness (QED) is 0.660. The minimum absolute atomic E-state index is 0.158. The number of ether oxygens (including phenoxy) is 1. The van der Waals surface area contributed by atoms with Gasteiger partial charge in [0.15, 0.2) is 0 Å². The van der Waals surface area contributed by atoms with Gasteiger partial charge in [-0.25, -0.2) is 4.79 Å². The van der Waals surface area contributed by atoms with Gasteiger partial charge in [-0.3, -0.25) is 0 Å². The van der Waals surface area contributed by atoms with Crippen LogP contribution in [-0.2, 0) is 11.2 Å². The number of carbonyl (C=O) groups is 1. The Kier molecular flexibility index (Phi) is 6.85. The molecule has 0 atom stereocenters. The predicted octanol–water partition coefficient (Wildman–Crippen LogP) is 5.10. The highest BCUT2D eigenvalue weighted by Crippen LogP contribution is 2.27. The molecule has 150 valence electrons. The lowest BCUT2D eigenvalue weighted by molar-refractivity contribution is 0.0119. The number of benzene rings is 1. The molecule has 0 aromatic heterocycles. The van der Waals surface area contributed by atoms with Crippen molar-refractivity contribution in [2.45, 2.75) is 64.5 Å². The molecule has 2 heterocycles. The Labute approximate surface area is 172 Å². The zero-order valence-corrected chi connectivity index (χ0v) is 18.5. The molecule has 0 aliphatic carbocycles. The Balaban J connectivity index is 1.40. The van der Waals surface area contributed by atoms with Crippen molar-refractivity contribution in [1.29, 1.82) is 0 Å². The van der Waals surface area contributed by atoms with E-state index >= 15 is 0 Å². The number of rotatable bonds is 3. The van der Waals surface area contributed by atoms with E-state index in [9.17, 15) is 4.79 Å². The Morgan fingerprint density at radius 2 is 1.63 bits per heavy atom. The van der Waals surface area contributed by atoms with E-state index in [2.05, 4.69) is 45.1 Å². The van der Waals surface area contributed by atoms with Crippen molar-refractivity contribution in [3.8, 4) is 0 Å². The van der Waals surface area contributed by atoms with Crippen molar-refractivity contribution < 1.29 is 9.53 Å². The molecule has 0 saturated carbocycles. The molecule has 5 heteroatoms. The molecule has 1 amide bonds. The second-order valence-electron chi connectivity index (χ2n) is 9.01. The van der Waals surface area contributed by atoms with E-state index in [1.807, 2.05) is 25.7 Å². The van der Waals surface area contributed by atoms with Gasteiger partial charge in [0.25, 0.3) is 0 Å². The van der Waals surface area contributed by atoms with E-state index in [1.165, 1.54) is 37.9 Å². The van der Waals surface area contributed by atoms with Gasteiger partial charge < -0.3 is 14.5 Å². The average Bonchev–Trinajstić information content (AvgIpc) is 2.63. The number of hydrogen-bond acceptors (Lipinski definition) is 3. The minimum atomic E-state index is -0.412. The van der Waals surface area contributed by atoms with Gasteiger partial charge in [0, 0.05) is 23.6 Å². The molecular weight excluding hydrogens is 404 g/mol. The van der Waals surface area contributed by atoms with Gasteiger partial charge in [0.1, 0.15) is 5.60 Å². The van der Waals surface area contributed by atoms with Crippen LogP contribution in [0.15, 0.2) is 28.7 Å². The van der Waals surface area contributed by atoms with Crippen LogP contribution in [0, 0.1) is 5.92 Å². The Morgan fingerprint density at radius 1 is 1.04 bits per heavy atom. The molecule has 0 bridgehead atoms. The van der Waals surface area contributed by atoms with E-state index < -0.39 is 5.60 Å². The number of hydrogen-bond donors (Lipinski definition) is 0. The van der Waals surface area contributed by atoms with Crippen LogP contribution in [0.2, 0.25) is 0 Å². The van der Waals surface area contributed by atoms with Crippen LogP contribution >= 0.6 is 15.9 Å². The largest absolute Gasteiger partial charge is 0.444 e. The molecule has 2 aliphatic heterocycles. The molecule has 2 aliphatic rings. The van der Waals surface area contributed by atoms with Crippen molar-refractivity contribution in [3.05, 3.63) is 34.3 Å². The normalized spacial score (nSPS) is 20.7. The van der Waals surface area contributed by atoms with Crippen LogP contribution < -0.4 is 0 Å². The summed E-state index contributed by atoms with van der Waals surface area (Å²) >= 11 is 3.51. The first kappa shape index (κ1) is 20.7. The molecule has 2 saturated heterocycles. The van der Waals surface area contributed by atoms with Crippen molar-refractivity contribution in [1.82, 2.24) is 9.80 Å². The van der Waals surface area contributed by atoms with Crippen molar-refractivity contribution in [2.24, 2.45) is 5.92 Å². The molecule has 27 heavy (non-hydrogen) atoms. The fourth-order valence-corrected chi connectivity index (χ4v) is 4.48. The van der Waals surface area contributed by atoms with Gasteiger partial charge in [-0.1, -0.05) is 28.1 Å². The van der Waals surface area contributed by atoms with Crippen LogP contribution in [0.5, 0.6) is 0 Å². The summed E-state index contributed by atoms with van der Waals surface area (Å²) in [7, 11) is 0. The first-order valence-electron chi connectivity index (χ1n) is 10.3. The monoisotopic (exact) mass is 436 g/mol. The fraction of sp³-hybridized carbons (Fsp3) is 0.682. The second-order valence-corrected chi connectivity index (χ2v) is 9.92. The van der Waals surface area contributed by atoms with E-state index in [-0.39, 0.29) is 6.09 Å². The molecule has 3 rings (SSSR count). The minimum Gasteiger partial charge on any atom is -0.444 e. The fourth-order valence-electron chi connectivity index (χ4n) is 4.22. The van der Waals surface area contributed by atoms with Gasteiger partial charge in [-0.2, -0.15) is 0 Å². The molecule has 4 nitrogen and oxygen atoms in total. The molecular formula is C22H33BrN2O2. The molecule has 0 spiro atoms. The van der Waals surface area contributed by atoms with E-state index in [0.29, 0.717) is 6.04 Å². The number of halogens is 1. The average molecular weight is 437 g/mol. The topological polar surface area (TPSA) is 32.8 Å². The summed E-state index contributed by atoms with van der Waals surface area (Å²) in [6.07, 6.45) is 5.73. The maximum absolute atomic E-state index is 12.2. The second kappa shape index (κ2) is 8.95. The molecule has 0 N–H and O–H groups in total. The smallest absolute Gasteiger partial charge is 0.410 e. The maximum Gasteiger partial charge on any atom is 0.410 e. The highest BCUT2D eigenvalue weighted by atomic mass is 79.9. The van der Waals surface area contributed by atoms with Gasteiger partial charge >= 0.3 is 6.09 Å². The van der Waals surface area contributed by atoms with E-state index in [1.54, 1.807) is 0 Å². The predicted molar refractivity (Wildman–Crippen MR) is 113 cm³/mol. The van der Waals surface area contributed by atoms with E-state index in [0.717, 1.165) is 36.3 Å². The number of amides is 1. The van der Waals surface area contributed by atoms with Gasteiger partial charge in [-0.05, 0) is 89.6 Å². The van der Waals surface area contributed by atoms with Gasteiger partial charge in [0.2, 0.25) is 0 Å². The Bertz CT molecular complexity index is 610. The first-order valence-corrected chi connectivity index (χ1v) is 11.1. The Hall–Kier alpha value is -1.07. The SMILES string of the molecule is CC(C)(C)OC(=O)N1CCC(N2CCC(Cc3ccc(Br)cc3)CC2)CC1. The summed E-state index contributed by atoms with van der Waals surface area (Å²) in [6, 6.07) is 9.38. The summed E-state index contributed by atoms with van der Waals surface area (Å²) in [5.74, 6) is 0.796. The zero-order valence-electron chi connectivity index (χ0n) is 16.9. The third-order valence-corrected chi connectivity index (χ3v) is 6.25. The first-order chi connectivity index (χ1) is 12.8. The molecule has 0 radical (unpaired) electrons. The zero-order chi connectivity index (χ0) is 19.4. The lowest BCUT2D eigenvalue weighted by Gasteiger charge is -2.42. The van der Waals surface area contributed by atoms with Crippen LogP contribution in [-0.4, -0.2) is 53.7 Å². The van der Waals surface area contributed by atoms with Crippen LogP contribution in [0.25, 0.3) is 0 Å².